The third-order valence-electron chi connectivity index (χ3n) is 3.95. The molecule has 1 unspecified atom stereocenters. The fourth-order valence-electron chi connectivity index (χ4n) is 2.55. The summed E-state index contributed by atoms with van der Waals surface area (Å²) in [6.45, 7) is 7.05. The van der Waals surface area contributed by atoms with Crippen LogP contribution < -0.4 is 10.5 Å². The first-order valence-electron chi connectivity index (χ1n) is 7.10. The number of aryl methyl sites for hydroxylation is 1. The van der Waals surface area contributed by atoms with Crippen molar-refractivity contribution in [3.8, 4) is 0 Å². The number of sulfonamides is 1. The lowest BCUT2D eigenvalue weighted by Gasteiger charge is -2.12. The van der Waals surface area contributed by atoms with Gasteiger partial charge in [-0.2, -0.15) is 5.10 Å². The molecule has 0 bridgehead atoms. The van der Waals surface area contributed by atoms with Gasteiger partial charge in [0.25, 0.3) is 0 Å². The van der Waals surface area contributed by atoms with Crippen LogP contribution in [0.15, 0.2) is 4.90 Å². The van der Waals surface area contributed by atoms with E-state index in [0.29, 0.717) is 47.8 Å². The molecule has 0 aromatic carbocycles. The van der Waals surface area contributed by atoms with Gasteiger partial charge in [0.05, 0.1) is 17.9 Å². The van der Waals surface area contributed by atoms with Crippen LogP contribution in [0.4, 0.5) is 0 Å². The maximum Gasteiger partial charge on any atom is 0.244 e. The summed E-state index contributed by atoms with van der Waals surface area (Å²) in [4.78, 5) is 0.300. The summed E-state index contributed by atoms with van der Waals surface area (Å²) in [5, 5.41) is 4.26. The van der Waals surface area contributed by atoms with Crippen molar-refractivity contribution >= 4 is 10.0 Å². The molecule has 1 aliphatic carbocycles. The van der Waals surface area contributed by atoms with Crippen molar-refractivity contribution in [1.82, 2.24) is 14.5 Å². The van der Waals surface area contributed by atoms with Gasteiger partial charge in [-0.3, -0.25) is 4.68 Å². The van der Waals surface area contributed by atoms with Crippen molar-refractivity contribution in [2.45, 2.75) is 45.1 Å². The van der Waals surface area contributed by atoms with Crippen LogP contribution in [-0.4, -0.2) is 31.3 Å². The molecule has 2 rings (SSSR count). The fraction of sp³-hybridized carbons (Fsp3) is 0.769. The summed E-state index contributed by atoms with van der Waals surface area (Å²) in [6.07, 6.45) is 2.44. The maximum absolute atomic E-state index is 12.4. The van der Waals surface area contributed by atoms with Gasteiger partial charge in [0.2, 0.25) is 10.0 Å². The molecular weight excluding hydrogens is 276 g/mol. The smallest absolute Gasteiger partial charge is 0.244 e. The molecule has 1 aromatic heterocycles. The SMILES string of the molecule is Cc1nn(CCN)c(C)c1S(=O)(=O)NCC(C)C1CC1. The monoisotopic (exact) mass is 300 g/mol. The lowest BCUT2D eigenvalue weighted by molar-refractivity contribution is 0.491. The highest BCUT2D eigenvalue weighted by Gasteiger charge is 2.30. The van der Waals surface area contributed by atoms with E-state index in [1.54, 1.807) is 18.5 Å². The van der Waals surface area contributed by atoms with Gasteiger partial charge in [0.1, 0.15) is 4.90 Å². The first-order chi connectivity index (χ1) is 9.36. The Bertz CT molecular complexity index is 575. The quantitative estimate of drug-likeness (QED) is 0.779. The fourth-order valence-corrected chi connectivity index (χ4v) is 4.11. The molecule has 1 atom stereocenters. The van der Waals surface area contributed by atoms with Gasteiger partial charge in [-0.25, -0.2) is 13.1 Å². The Kier molecular flexibility index (Phi) is 4.51. The van der Waals surface area contributed by atoms with Gasteiger partial charge in [0, 0.05) is 13.1 Å². The standard InChI is InChI=1S/C13H24N4O2S/c1-9(12-4-5-12)8-15-20(18,19)13-10(2)16-17(7-6-14)11(13)3/h9,12,15H,4-8,14H2,1-3H3. The Labute approximate surface area is 120 Å². The second-order valence-corrected chi connectivity index (χ2v) is 7.38. The predicted octanol–water partition coefficient (Wildman–Crippen LogP) is 0.783. The molecule has 3 N–H and O–H groups in total. The number of nitrogens with zero attached hydrogens (tertiary/aromatic N) is 2. The highest BCUT2D eigenvalue weighted by atomic mass is 32.2. The van der Waals surface area contributed by atoms with Crippen molar-refractivity contribution < 1.29 is 8.42 Å². The normalized spacial score (nSPS) is 17.4. The van der Waals surface area contributed by atoms with Crippen molar-refractivity contribution in [3.63, 3.8) is 0 Å². The number of hydrogen-bond donors (Lipinski definition) is 2. The summed E-state index contributed by atoms with van der Waals surface area (Å²) in [6, 6.07) is 0. The Morgan fingerprint density at radius 2 is 2.10 bits per heavy atom. The molecule has 114 valence electrons. The van der Waals surface area contributed by atoms with Crippen LogP contribution in [0.2, 0.25) is 0 Å². The van der Waals surface area contributed by atoms with Crippen LogP contribution >= 0.6 is 0 Å². The second-order valence-electron chi connectivity index (χ2n) is 5.68. The van der Waals surface area contributed by atoms with Crippen LogP contribution in [0.1, 0.15) is 31.2 Å². The minimum absolute atomic E-state index is 0.300. The topological polar surface area (TPSA) is 90.0 Å². The minimum Gasteiger partial charge on any atom is -0.329 e. The number of nitrogens with two attached hydrogens (primary N) is 1. The molecule has 7 heteroatoms. The third kappa shape index (κ3) is 3.21. The van der Waals surface area contributed by atoms with Gasteiger partial charge >= 0.3 is 0 Å². The van der Waals surface area contributed by atoms with E-state index in [-0.39, 0.29) is 0 Å². The molecule has 0 amide bonds. The van der Waals surface area contributed by atoms with Gasteiger partial charge in [-0.1, -0.05) is 6.92 Å². The van der Waals surface area contributed by atoms with Crippen molar-refractivity contribution in [3.05, 3.63) is 11.4 Å². The second kappa shape index (κ2) is 5.83. The molecule has 1 fully saturated rings. The lowest BCUT2D eigenvalue weighted by atomic mass is 10.1. The van der Waals surface area contributed by atoms with Crippen LogP contribution in [0, 0.1) is 25.7 Å². The maximum atomic E-state index is 12.4. The molecule has 1 heterocycles. The average Bonchev–Trinajstić information content (AvgIpc) is 3.15. The molecule has 1 aromatic rings. The molecule has 1 saturated carbocycles. The van der Waals surface area contributed by atoms with E-state index >= 15 is 0 Å². The van der Waals surface area contributed by atoms with Gasteiger partial charge in [-0.15, -0.1) is 0 Å². The lowest BCUT2D eigenvalue weighted by Crippen LogP contribution is -2.30. The zero-order valence-electron chi connectivity index (χ0n) is 12.4. The van der Waals surface area contributed by atoms with E-state index in [2.05, 4.69) is 16.7 Å². The highest BCUT2D eigenvalue weighted by Crippen LogP contribution is 2.36. The molecule has 0 radical (unpaired) electrons. The number of hydrogen-bond acceptors (Lipinski definition) is 4. The average molecular weight is 300 g/mol. The molecule has 0 spiro atoms. The zero-order valence-corrected chi connectivity index (χ0v) is 13.2. The van der Waals surface area contributed by atoms with Crippen molar-refractivity contribution in [2.24, 2.45) is 17.6 Å². The molecule has 6 nitrogen and oxygen atoms in total. The van der Waals surface area contributed by atoms with Crippen LogP contribution in [0.3, 0.4) is 0 Å². The molecule has 0 aliphatic heterocycles. The summed E-state index contributed by atoms with van der Waals surface area (Å²) in [5.41, 5.74) is 6.69. The summed E-state index contributed by atoms with van der Waals surface area (Å²) < 4.78 is 29.3. The van der Waals surface area contributed by atoms with E-state index in [4.69, 9.17) is 5.73 Å². The number of aromatic nitrogens is 2. The van der Waals surface area contributed by atoms with E-state index in [9.17, 15) is 8.42 Å². The van der Waals surface area contributed by atoms with Crippen molar-refractivity contribution in [2.75, 3.05) is 13.1 Å². The van der Waals surface area contributed by atoms with Crippen molar-refractivity contribution in [1.29, 1.82) is 0 Å². The molecular formula is C13H24N4O2S. The van der Waals surface area contributed by atoms with Crippen LogP contribution in [0.5, 0.6) is 0 Å². The van der Waals surface area contributed by atoms with E-state index in [1.807, 2.05) is 0 Å². The molecule has 1 aliphatic rings. The Balaban J connectivity index is 2.15. The van der Waals surface area contributed by atoms with Crippen LogP contribution in [0.25, 0.3) is 0 Å². The first-order valence-corrected chi connectivity index (χ1v) is 8.59. The van der Waals surface area contributed by atoms with Gasteiger partial charge < -0.3 is 5.73 Å². The molecule has 0 saturated heterocycles. The summed E-state index contributed by atoms with van der Waals surface area (Å²) in [5.74, 6) is 1.07. The van der Waals surface area contributed by atoms with E-state index < -0.39 is 10.0 Å². The van der Waals surface area contributed by atoms with E-state index in [0.717, 1.165) is 0 Å². The Morgan fingerprint density at radius 3 is 2.65 bits per heavy atom. The first kappa shape index (κ1) is 15.5. The number of nitrogens with one attached hydrogen (secondary N) is 1. The highest BCUT2D eigenvalue weighted by molar-refractivity contribution is 7.89. The zero-order chi connectivity index (χ0) is 14.9. The largest absolute Gasteiger partial charge is 0.329 e. The Hall–Kier alpha value is -0.920. The summed E-state index contributed by atoms with van der Waals surface area (Å²) in [7, 11) is -3.49. The third-order valence-corrected chi connectivity index (χ3v) is 5.62. The summed E-state index contributed by atoms with van der Waals surface area (Å²) >= 11 is 0. The predicted molar refractivity (Wildman–Crippen MR) is 77.8 cm³/mol. The van der Waals surface area contributed by atoms with Gasteiger partial charge in [0.15, 0.2) is 0 Å². The Morgan fingerprint density at radius 1 is 1.45 bits per heavy atom. The van der Waals surface area contributed by atoms with Gasteiger partial charge in [-0.05, 0) is 38.5 Å². The van der Waals surface area contributed by atoms with E-state index in [1.165, 1.54) is 12.8 Å². The molecule has 20 heavy (non-hydrogen) atoms. The number of rotatable bonds is 7. The minimum atomic E-state index is -3.49. The van der Waals surface area contributed by atoms with Crippen LogP contribution in [-0.2, 0) is 16.6 Å².